The SMILES string of the molecule is CCCCC(c1ccc(C(=O)NCCC(=O)O)cc1)N1C(=O)C(c2cc(F)cc(F)c2)=NC12CCC(C(C)(C)CC)CC2. The average molecular weight is 596 g/mol. The summed E-state index contributed by atoms with van der Waals surface area (Å²) in [5.41, 5.74) is 0.781. The third kappa shape index (κ3) is 7.13. The van der Waals surface area contributed by atoms with E-state index in [0.717, 1.165) is 43.7 Å². The molecule has 1 heterocycles. The fourth-order valence-corrected chi connectivity index (χ4v) is 6.51. The molecule has 0 saturated heterocycles. The van der Waals surface area contributed by atoms with Gasteiger partial charge in [0.1, 0.15) is 23.0 Å². The highest BCUT2D eigenvalue weighted by Gasteiger charge is 2.52. The van der Waals surface area contributed by atoms with Gasteiger partial charge in [-0.1, -0.05) is 59.1 Å². The number of rotatable bonds is 12. The minimum Gasteiger partial charge on any atom is -0.481 e. The molecule has 0 bridgehead atoms. The van der Waals surface area contributed by atoms with Gasteiger partial charge in [-0.2, -0.15) is 0 Å². The van der Waals surface area contributed by atoms with Gasteiger partial charge in [0.25, 0.3) is 11.8 Å². The van der Waals surface area contributed by atoms with E-state index in [-0.39, 0.29) is 47.5 Å². The third-order valence-corrected chi connectivity index (χ3v) is 9.45. The Hall–Kier alpha value is -3.62. The number of hydrogen-bond acceptors (Lipinski definition) is 4. The summed E-state index contributed by atoms with van der Waals surface area (Å²) in [6.45, 7) is 8.86. The first kappa shape index (κ1) is 32.3. The topological polar surface area (TPSA) is 99.1 Å². The lowest BCUT2D eigenvalue weighted by Gasteiger charge is -2.48. The van der Waals surface area contributed by atoms with Crippen molar-refractivity contribution in [3.8, 4) is 0 Å². The minimum atomic E-state index is -0.992. The third-order valence-electron chi connectivity index (χ3n) is 9.45. The molecule has 1 atom stereocenters. The Labute approximate surface area is 252 Å². The zero-order valence-electron chi connectivity index (χ0n) is 25.6. The van der Waals surface area contributed by atoms with Gasteiger partial charge in [0, 0.05) is 23.7 Å². The number of carbonyl (C=O) groups excluding carboxylic acids is 2. The zero-order valence-corrected chi connectivity index (χ0v) is 25.6. The van der Waals surface area contributed by atoms with Crippen LogP contribution in [0, 0.1) is 23.0 Å². The number of aliphatic carboxylic acids is 1. The fourth-order valence-electron chi connectivity index (χ4n) is 6.51. The number of halogens is 2. The van der Waals surface area contributed by atoms with Gasteiger partial charge < -0.3 is 15.3 Å². The van der Waals surface area contributed by atoms with E-state index in [1.54, 1.807) is 12.1 Å². The van der Waals surface area contributed by atoms with Gasteiger partial charge in [-0.05, 0) is 73.3 Å². The summed E-state index contributed by atoms with van der Waals surface area (Å²) in [6.07, 6.45) is 6.36. The van der Waals surface area contributed by atoms with E-state index in [0.29, 0.717) is 30.7 Å². The van der Waals surface area contributed by atoms with Crippen LogP contribution in [-0.2, 0) is 9.59 Å². The summed E-state index contributed by atoms with van der Waals surface area (Å²) < 4.78 is 28.6. The second-order valence-electron chi connectivity index (χ2n) is 12.6. The van der Waals surface area contributed by atoms with Crippen molar-refractivity contribution in [1.29, 1.82) is 0 Å². The second-order valence-corrected chi connectivity index (χ2v) is 12.6. The Morgan fingerprint density at radius 1 is 1.09 bits per heavy atom. The number of aliphatic imine (C=N–C) groups is 1. The standard InChI is InChI=1S/C34H43F2N3O4/c1-5-7-8-28(22-9-11-23(12-10-22)31(42)37-18-15-29(40)41)39-32(43)30(24-19-26(35)21-27(36)20-24)38-34(39)16-13-25(14-17-34)33(3,4)6-2/h9-12,19-21,25,28H,5-8,13-18H2,1-4H3,(H,37,42)(H,40,41). The Morgan fingerprint density at radius 2 is 1.72 bits per heavy atom. The molecule has 232 valence electrons. The summed E-state index contributed by atoms with van der Waals surface area (Å²) >= 11 is 0. The van der Waals surface area contributed by atoms with Crippen molar-refractivity contribution in [3.63, 3.8) is 0 Å². The predicted octanol–water partition coefficient (Wildman–Crippen LogP) is 7.05. The maximum Gasteiger partial charge on any atom is 0.305 e. The van der Waals surface area contributed by atoms with Crippen LogP contribution in [0.25, 0.3) is 0 Å². The number of carboxylic acid groups (broad SMARTS) is 1. The summed E-state index contributed by atoms with van der Waals surface area (Å²) in [6, 6.07) is 9.80. The van der Waals surface area contributed by atoms with Gasteiger partial charge in [-0.3, -0.25) is 19.4 Å². The Bertz CT molecular complexity index is 1340. The zero-order chi connectivity index (χ0) is 31.4. The molecule has 1 saturated carbocycles. The molecule has 0 radical (unpaired) electrons. The van der Waals surface area contributed by atoms with Crippen molar-refractivity contribution in [2.24, 2.45) is 16.3 Å². The van der Waals surface area contributed by atoms with Gasteiger partial charge in [0.15, 0.2) is 0 Å². The van der Waals surface area contributed by atoms with Crippen molar-refractivity contribution >= 4 is 23.5 Å². The largest absolute Gasteiger partial charge is 0.481 e. The Balaban J connectivity index is 1.71. The lowest BCUT2D eigenvalue weighted by Crippen LogP contribution is -2.51. The lowest BCUT2D eigenvalue weighted by atomic mass is 9.67. The maximum absolute atomic E-state index is 14.3. The summed E-state index contributed by atoms with van der Waals surface area (Å²) in [5, 5.41) is 11.5. The second kappa shape index (κ2) is 13.3. The molecule has 2 aromatic rings. The van der Waals surface area contributed by atoms with Crippen molar-refractivity contribution in [2.75, 3.05) is 6.54 Å². The number of nitrogens with zero attached hydrogens (tertiary/aromatic N) is 2. The molecule has 2 aromatic carbocycles. The summed E-state index contributed by atoms with van der Waals surface area (Å²) in [5.74, 6) is -2.75. The number of unbranched alkanes of at least 4 members (excludes halogenated alkanes) is 1. The van der Waals surface area contributed by atoms with Crippen LogP contribution in [-0.4, -0.2) is 45.7 Å². The first-order valence-electron chi connectivity index (χ1n) is 15.4. The minimum absolute atomic E-state index is 0.0243. The Morgan fingerprint density at radius 3 is 2.28 bits per heavy atom. The van der Waals surface area contributed by atoms with Crippen LogP contribution in [0.4, 0.5) is 8.78 Å². The normalized spacial score (nSPS) is 21.2. The van der Waals surface area contributed by atoms with Crippen molar-refractivity contribution in [2.45, 2.75) is 97.2 Å². The molecule has 2 N–H and O–H groups in total. The number of benzene rings is 2. The van der Waals surface area contributed by atoms with Crippen LogP contribution in [0.3, 0.4) is 0 Å². The molecule has 1 aliphatic heterocycles. The van der Waals surface area contributed by atoms with E-state index < -0.39 is 23.3 Å². The summed E-state index contributed by atoms with van der Waals surface area (Å²) in [4.78, 5) is 44.6. The maximum atomic E-state index is 14.3. The number of nitrogens with one attached hydrogen (secondary N) is 1. The molecule has 1 spiro atoms. The van der Waals surface area contributed by atoms with Crippen LogP contribution in [0.1, 0.15) is 113 Å². The van der Waals surface area contributed by atoms with Crippen molar-refractivity contribution in [1.82, 2.24) is 10.2 Å². The number of carboxylic acids is 1. The van der Waals surface area contributed by atoms with Gasteiger partial charge in [-0.15, -0.1) is 0 Å². The van der Waals surface area contributed by atoms with Gasteiger partial charge in [-0.25, -0.2) is 8.78 Å². The van der Waals surface area contributed by atoms with Crippen LogP contribution in [0.5, 0.6) is 0 Å². The molecule has 0 aromatic heterocycles. The molecule has 2 aliphatic rings. The van der Waals surface area contributed by atoms with Gasteiger partial charge in [0.05, 0.1) is 12.5 Å². The Kier molecular flexibility index (Phi) is 10.0. The van der Waals surface area contributed by atoms with Crippen molar-refractivity contribution < 1.29 is 28.3 Å². The molecule has 1 fully saturated rings. The average Bonchev–Trinajstić information content (AvgIpc) is 3.24. The molecular formula is C34H43F2N3O4. The highest BCUT2D eigenvalue weighted by Crippen LogP contribution is 2.50. The predicted molar refractivity (Wildman–Crippen MR) is 162 cm³/mol. The molecule has 1 unspecified atom stereocenters. The quantitative estimate of drug-likeness (QED) is 0.275. The van der Waals surface area contributed by atoms with Gasteiger partial charge >= 0.3 is 5.97 Å². The number of amides is 2. The molecule has 7 nitrogen and oxygen atoms in total. The summed E-state index contributed by atoms with van der Waals surface area (Å²) in [7, 11) is 0. The number of carbonyl (C=O) groups is 3. The molecular weight excluding hydrogens is 552 g/mol. The van der Waals surface area contributed by atoms with E-state index in [1.807, 2.05) is 17.0 Å². The van der Waals surface area contributed by atoms with E-state index >= 15 is 0 Å². The van der Waals surface area contributed by atoms with Crippen molar-refractivity contribution in [3.05, 3.63) is 70.8 Å². The molecule has 9 heteroatoms. The van der Waals surface area contributed by atoms with E-state index in [9.17, 15) is 23.2 Å². The number of hydrogen-bond donors (Lipinski definition) is 2. The lowest BCUT2D eigenvalue weighted by molar-refractivity contribution is -0.137. The van der Waals surface area contributed by atoms with Gasteiger partial charge in [0.2, 0.25) is 0 Å². The van der Waals surface area contributed by atoms with Crippen LogP contribution < -0.4 is 5.32 Å². The van der Waals surface area contributed by atoms with Crippen LogP contribution in [0.2, 0.25) is 0 Å². The smallest absolute Gasteiger partial charge is 0.305 e. The first-order chi connectivity index (χ1) is 20.4. The monoisotopic (exact) mass is 595 g/mol. The van der Waals surface area contributed by atoms with Crippen LogP contribution >= 0.6 is 0 Å². The van der Waals surface area contributed by atoms with E-state index in [2.05, 4.69) is 33.0 Å². The van der Waals surface area contributed by atoms with E-state index in [1.165, 1.54) is 12.1 Å². The molecule has 1 aliphatic carbocycles. The molecule has 4 rings (SSSR count). The molecule has 2 amide bonds. The first-order valence-corrected chi connectivity index (χ1v) is 15.4. The highest BCUT2D eigenvalue weighted by atomic mass is 19.1. The fraction of sp³-hybridized carbons (Fsp3) is 0.529. The molecule has 43 heavy (non-hydrogen) atoms. The highest BCUT2D eigenvalue weighted by molar-refractivity contribution is 6.46. The van der Waals surface area contributed by atoms with E-state index in [4.69, 9.17) is 10.1 Å². The van der Waals surface area contributed by atoms with Crippen LogP contribution in [0.15, 0.2) is 47.5 Å².